The zero-order chi connectivity index (χ0) is 43.8. The minimum atomic E-state index is -4.07. The molecular formula is C40H54F2N8O10S2. The number of carbonyl (C=O) groups excluding carboxylic acids is 2. The topological polar surface area (TPSA) is 239 Å². The van der Waals surface area contributed by atoms with Crippen molar-refractivity contribution >= 4 is 32.1 Å². The average molecular weight is 909 g/mol. The molecule has 2 aromatic carbocycles. The molecular weight excluding hydrogens is 855 g/mol. The van der Waals surface area contributed by atoms with E-state index >= 15 is 0 Å². The van der Waals surface area contributed by atoms with Crippen LogP contribution in [0.4, 0.5) is 8.78 Å². The summed E-state index contributed by atoms with van der Waals surface area (Å²) < 4.78 is 85.4. The van der Waals surface area contributed by atoms with Crippen LogP contribution in [0.1, 0.15) is 109 Å². The predicted molar refractivity (Wildman–Crippen MR) is 228 cm³/mol. The molecule has 18 nitrogen and oxygen atoms in total. The Hall–Kier alpha value is -5.58. The van der Waals surface area contributed by atoms with E-state index < -0.39 is 77.7 Å². The molecule has 22 heteroatoms. The fourth-order valence-electron chi connectivity index (χ4n) is 6.61. The van der Waals surface area contributed by atoms with Gasteiger partial charge in [0.05, 0.1) is 24.6 Å². The van der Waals surface area contributed by atoms with Crippen LogP contribution < -0.4 is 40.8 Å². The molecule has 2 atom stereocenters. The molecule has 0 fully saturated rings. The van der Waals surface area contributed by atoms with Crippen LogP contribution in [-0.4, -0.2) is 74.4 Å². The Bertz CT molecular complexity index is 2380. The number of nitrogens with zero attached hydrogens (tertiary/aromatic N) is 4. The van der Waals surface area contributed by atoms with E-state index in [0.29, 0.717) is 61.5 Å². The normalized spacial score (nSPS) is 15.9. The zero-order valence-corrected chi connectivity index (χ0v) is 34.9. The van der Waals surface area contributed by atoms with Gasteiger partial charge in [-0.15, -0.1) is 0 Å². The van der Waals surface area contributed by atoms with Crippen molar-refractivity contribution in [1.29, 1.82) is 0 Å². The molecule has 0 aliphatic carbocycles. The van der Waals surface area contributed by atoms with Gasteiger partial charge in [-0.05, 0) is 88.0 Å². The van der Waals surface area contributed by atoms with Crippen molar-refractivity contribution in [2.24, 2.45) is 0 Å². The van der Waals surface area contributed by atoms with Crippen molar-refractivity contribution in [3.63, 3.8) is 0 Å². The maximum Gasteiger partial charge on any atom is 0.306 e. The van der Waals surface area contributed by atoms with E-state index in [2.05, 4.69) is 31.2 Å². The summed E-state index contributed by atoms with van der Waals surface area (Å²) in [5.41, 5.74) is -1.01. The SMILES string of the molecule is C.C.CNC1CCCCn2c1nc(C(=O)NCc1ccc(F)cc1)c(OS(C)(=O)=O)c2=O.CN[C@@H]1CCCCn2c1nc(C(=O)NCc1ccc(F)cc1)c(OS(C)(=O)=O)c2=O. The summed E-state index contributed by atoms with van der Waals surface area (Å²) in [6, 6.07) is 10.5. The lowest BCUT2D eigenvalue weighted by Crippen LogP contribution is -2.35. The van der Waals surface area contributed by atoms with E-state index in [-0.39, 0.29) is 40.0 Å². The first-order valence-corrected chi connectivity index (χ1v) is 22.5. The number of rotatable bonds is 12. The first-order chi connectivity index (χ1) is 28.4. The quantitative estimate of drug-likeness (QED) is 0.149. The molecule has 0 bridgehead atoms. The lowest BCUT2D eigenvalue weighted by molar-refractivity contribution is 0.0934. The number of hydrogen-bond acceptors (Lipinski definition) is 14. The lowest BCUT2D eigenvalue weighted by Gasteiger charge is -2.19. The van der Waals surface area contributed by atoms with Crippen molar-refractivity contribution in [2.75, 3.05) is 26.6 Å². The minimum absolute atomic E-state index is 0. The largest absolute Gasteiger partial charge is 0.374 e. The van der Waals surface area contributed by atoms with E-state index in [1.807, 2.05) is 0 Å². The van der Waals surface area contributed by atoms with Gasteiger partial charge in [-0.1, -0.05) is 39.1 Å². The summed E-state index contributed by atoms with van der Waals surface area (Å²) in [5, 5.41) is 11.3. The second-order valence-electron chi connectivity index (χ2n) is 14.1. The Kier molecular flexibility index (Phi) is 18.0. The Labute approximate surface area is 359 Å². The predicted octanol–water partition coefficient (Wildman–Crippen LogP) is 3.46. The first kappa shape index (κ1) is 50.8. The summed E-state index contributed by atoms with van der Waals surface area (Å²) >= 11 is 0. The summed E-state index contributed by atoms with van der Waals surface area (Å²) in [7, 11) is -4.70. The summed E-state index contributed by atoms with van der Waals surface area (Å²) in [4.78, 5) is 60.4. The van der Waals surface area contributed by atoms with Crippen molar-refractivity contribution in [3.05, 3.63) is 115 Å². The molecule has 2 amide bonds. The maximum absolute atomic E-state index is 13.1. The molecule has 1 unspecified atom stereocenters. The third kappa shape index (κ3) is 13.2. The van der Waals surface area contributed by atoms with Gasteiger partial charge in [-0.2, -0.15) is 16.8 Å². The summed E-state index contributed by atoms with van der Waals surface area (Å²) in [5.74, 6) is -2.90. The molecule has 2 aliphatic rings. The molecule has 4 N–H and O–H groups in total. The van der Waals surface area contributed by atoms with Crippen LogP contribution in [0.25, 0.3) is 0 Å². The molecule has 0 saturated heterocycles. The smallest absolute Gasteiger partial charge is 0.306 e. The van der Waals surface area contributed by atoms with E-state index in [9.17, 15) is 44.8 Å². The van der Waals surface area contributed by atoms with Gasteiger partial charge in [0.15, 0.2) is 11.4 Å². The van der Waals surface area contributed by atoms with E-state index in [1.165, 1.54) is 57.7 Å². The number of carbonyl (C=O) groups is 2. The molecule has 0 spiro atoms. The van der Waals surface area contributed by atoms with E-state index in [0.717, 1.165) is 25.4 Å². The molecule has 2 aliphatic heterocycles. The van der Waals surface area contributed by atoms with Gasteiger partial charge >= 0.3 is 20.2 Å². The summed E-state index contributed by atoms with van der Waals surface area (Å²) in [6.07, 6.45) is 6.10. The van der Waals surface area contributed by atoms with Crippen LogP contribution in [0.2, 0.25) is 0 Å². The molecule has 0 saturated carbocycles. The fraction of sp³-hybridized carbons (Fsp3) is 0.450. The Morgan fingerprint density at radius 3 is 1.29 bits per heavy atom. The molecule has 340 valence electrons. The minimum Gasteiger partial charge on any atom is -0.374 e. The highest BCUT2D eigenvalue weighted by molar-refractivity contribution is 7.86. The number of nitrogens with one attached hydrogen (secondary N) is 4. The maximum atomic E-state index is 13.1. The third-order valence-electron chi connectivity index (χ3n) is 9.52. The van der Waals surface area contributed by atoms with Crippen LogP contribution in [0, 0.1) is 11.6 Å². The summed E-state index contributed by atoms with van der Waals surface area (Å²) in [6.45, 7) is 0.758. The lowest BCUT2D eigenvalue weighted by atomic mass is 10.1. The first-order valence-electron chi connectivity index (χ1n) is 18.9. The number of amides is 2. The van der Waals surface area contributed by atoms with Gasteiger partial charge in [-0.3, -0.25) is 28.3 Å². The number of fused-ring (bicyclic) bond motifs is 2. The van der Waals surface area contributed by atoms with Gasteiger partial charge in [0.25, 0.3) is 22.9 Å². The van der Waals surface area contributed by atoms with Crippen LogP contribution in [0.5, 0.6) is 11.5 Å². The van der Waals surface area contributed by atoms with Gasteiger partial charge in [-0.25, -0.2) is 18.7 Å². The highest BCUT2D eigenvalue weighted by Crippen LogP contribution is 2.26. The van der Waals surface area contributed by atoms with Crippen molar-refractivity contribution in [1.82, 2.24) is 40.4 Å². The molecule has 4 heterocycles. The average Bonchev–Trinajstić information content (AvgIpc) is 3.54. The molecule has 6 rings (SSSR count). The van der Waals surface area contributed by atoms with Crippen molar-refractivity contribution in [2.45, 2.75) is 91.6 Å². The Morgan fingerprint density at radius 1 is 0.645 bits per heavy atom. The Balaban J connectivity index is 0.000000320. The van der Waals surface area contributed by atoms with Gasteiger partial charge in [0.2, 0.25) is 11.5 Å². The van der Waals surface area contributed by atoms with Crippen LogP contribution >= 0.6 is 0 Å². The highest BCUT2D eigenvalue weighted by Gasteiger charge is 2.31. The monoisotopic (exact) mass is 908 g/mol. The van der Waals surface area contributed by atoms with Gasteiger partial charge in [0.1, 0.15) is 23.3 Å². The second-order valence-corrected chi connectivity index (χ2v) is 17.2. The van der Waals surface area contributed by atoms with E-state index in [1.54, 1.807) is 14.1 Å². The fourth-order valence-corrected chi connectivity index (χ4v) is 7.52. The van der Waals surface area contributed by atoms with Crippen molar-refractivity contribution in [3.8, 4) is 11.5 Å². The van der Waals surface area contributed by atoms with E-state index in [4.69, 9.17) is 8.37 Å². The molecule has 2 aromatic heterocycles. The molecule has 4 aromatic rings. The van der Waals surface area contributed by atoms with Gasteiger partial charge < -0.3 is 29.6 Å². The van der Waals surface area contributed by atoms with Crippen LogP contribution in [0.15, 0.2) is 58.1 Å². The zero-order valence-electron chi connectivity index (χ0n) is 33.3. The Morgan fingerprint density at radius 2 is 0.984 bits per heavy atom. The third-order valence-corrected chi connectivity index (χ3v) is 10.5. The second kappa shape index (κ2) is 22.0. The molecule has 0 radical (unpaired) electrons. The van der Waals surface area contributed by atoms with Crippen LogP contribution in [-0.2, 0) is 46.4 Å². The molecule has 62 heavy (non-hydrogen) atoms. The number of aromatic nitrogens is 4. The highest BCUT2D eigenvalue weighted by atomic mass is 32.2. The van der Waals surface area contributed by atoms with Crippen molar-refractivity contribution < 1.29 is 43.6 Å². The standard InChI is InChI=1S/2C19H23FN4O5S.2CH4/c2*1-21-14-5-3-4-10-24-17(14)23-15(16(19(24)26)29-30(2,27)28)18(25)22-11-12-6-8-13(20)9-7-12;;/h2*6-9,14,21H,3-5,10-11H2,1-2H3,(H,22,25);2*1H4/t14-;;;/m1.../s1. The number of hydrogen-bond donors (Lipinski definition) is 4. The number of halogens is 2. The van der Waals surface area contributed by atoms with Gasteiger partial charge in [0, 0.05) is 26.2 Å². The van der Waals surface area contributed by atoms with Crippen LogP contribution in [0.3, 0.4) is 0 Å². The number of benzene rings is 2.